The number of piperazine rings is 1. The number of ether oxygens (including phenoxy) is 1. The van der Waals surface area contributed by atoms with Crippen LogP contribution >= 0.6 is 0 Å². The topological polar surface area (TPSA) is 87.2 Å². The normalized spacial score (nSPS) is 18.8. The fourth-order valence-corrected chi connectivity index (χ4v) is 4.84. The fourth-order valence-electron chi connectivity index (χ4n) is 3.29. The summed E-state index contributed by atoms with van der Waals surface area (Å²) in [4.78, 5) is 27.1. The summed E-state index contributed by atoms with van der Waals surface area (Å²) in [6.07, 6.45) is 2.47. The summed E-state index contributed by atoms with van der Waals surface area (Å²) >= 11 is 0. The molecule has 0 spiro atoms. The van der Waals surface area contributed by atoms with Crippen LogP contribution < -0.4 is 4.74 Å². The fraction of sp³-hybridized carbons (Fsp3) is 0.529. The minimum Gasteiger partial charge on any atom is -0.496 e. The van der Waals surface area contributed by atoms with Crippen molar-refractivity contribution in [3.05, 3.63) is 23.8 Å². The number of rotatable bonds is 5. The number of benzene rings is 1. The van der Waals surface area contributed by atoms with Crippen LogP contribution in [-0.4, -0.2) is 81.2 Å². The highest BCUT2D eigenvalue weighted by Gasteiger charge is 2.30. The van der Waals surface area contributed by atoms with Crippen LogP contribution in [0.3, 0.4) is 0 Å². The molecule has 2 fully saturated rings. The first-order valence-electron chi connectivity index (χ1n) is 8.64. The number of nitrogens with zero attached hydrogens (tertiary/aromatic N) is 3. The Labute approximate surface area is 153 Å². The highest BCUT2D eigenvalue weighted by molar-refractivity contribution is 7.89. The molecule has 9 heteroatoms. The second-order valence-electron chi connectivity index (χ2n) is 6.41. The number of amides is 2. The zero-order valence-corrected chi connectivity index (χ0v) is 15.6. The second-order valence-corrected chi connectivity index (χ2v) is 8.34. The van der Waals surface area contributed by atoms with Gasteiger partial charge in [-0.25, -0.2) is 8.42 Å². The van der Waals surface area contributed by atoms with Crippen molar-refractivity contribution in [1.82, 2.24) is 14.1 Å². The second kappa shape index (κ2) is 7.63. The lowest BCUT2D eigenvalue weighted by Crippen LogP contribution is -2.48. The number of sulfonamides is 1. The van der Waals surface area contributed by atoms with Crippen LogP contribution in [-0.2, 0) is 14.8 Å². The smallest absolute Gasteiger partial charge is 0.257 e. The Bertz CT molecular complexity index is 782. The van der Waals surface area contributed by atoms with E-state index in [0.29, 0.717) is 45.0 Å². The minimum absolute atomic E-state index is 0.107. The van der Waals surface area contributed by atoms with Gasteiger partial charge < -0.3 is 14.5 Å². The molecule has 0 aliphatic carbocycles. The van der Waals surface area contributed by atoms with Crippen molar-refractivity contribution in [2.24, 2.45) is 0 Å². The van der Waals surface area contributed by atoms with Gasteiger partial charge in [-0.15, -0.1) is 0 Å². The molecule has 3 rings (SSSR count). The van der Waals surface area contributed by atoms with E-state index in [-0.39, 0.29) is 16.4 Å². The molecule has 142 valence electrons. The summed E-state index contributed by atoms with van der Waals surface area (Å²) in [5.74, 6) is 0.0547. The van der Waals surface area contributed by atoms with Gasteiger partial charge >= 0.3 is 0 Å². The van der Waals surface area contributed by atoms with E-state index in [4.69, 9.17) is 4.74 Å². The van der Waals surface area contributed by atoms with Gasteiger partial charge in [0.2, 0.25) is 16.4 Å². The summed E-state index contributed by atoms with van der Waals surface area (Å²) in [7, 11) is -2.16. The summed E-state index contributed by atoms with van der Waals surface area (Å²) in [5, 5.41) is 0. The van der Waals surface area contributed by atoms with Crippen molar-refractivity contribution >= 4 is 22.3 Å². The van der Waals surface area contributed by atoms with E-state index in [1.165, 1.54) is 29.6 Å². The van der Waals surface area contributed by atoms with Crippen molar-refractivity contribution in [1.29, 1.82) is 0 Å². The molecule has 2 amide bonds. The van der Waals surface area contributed by atoms with Gasteiger partial charge in [-0.2, -0.15) is 4.31 Å². The first kappa shape index (κ1) is 18.7. The third-order valence-electron chi connectivity index (χ3n) is 4.85. The highest BCUT2D eigenvalue weighted by atomic mass is 32.2. The standard InChI is InChI=1S/C17H23N3O5S/c1-25-16-5-4-14(26(23,24)20-6-2-3-7-20)12-15(16)17(22)19-10-8-18(13-21)9-11-19/h4-5,12-13H,2-3,6-11H2,1H3. The third-order valence-corrected chi connectivity index (χ3v) is 6.75. The molecule has 2 aliphatic rings. The maximum atomic E-state index is 12.9. The molecule has 0 atom stereocenters. The third kappa shape index (κ3) is 3.54. The first-order chi connectivity index (χ1) is 12.5. The van der Waals surface area contributed by atoms with E-state index in [1.54, 1.807) is 9.80 Å². The van der Waals surface area contributed by atoms with E-state index in [1.807, 2.05) is 0 Å². The van der Waals surface area contributed by atoms with Crippen molar-refractivity contribution in [2.75, 3.05) is 46.4 Å². The molecular weight excluding hydrogens is 358 g/mol. The van der Waals surface area contributed by atoms with Crippen molar-refractivity contribution in [3.63, 3.8) is 0 Å². The lowest BCUT2D eigenvalue weighted by atomic mass is 10.1. The van der Waals surface area contributed by atoms with Crippen molar-refractivity contribution in [3.8, 4) is 5.75 Å². The van der Waals surface area contributed by atoms with Gasteiger partial charge in [-0.3, -0.25) is 9.59 Å². The van der Waals surface area contributed by atoms with E-state index in [0.717, 1.165) is 19.3 Å². The van der Waals surface area contributed by atoms with Crippen LogP contribution in [0.2, 0.25) is 0 Å². The number of carbonyl (C=O) groups excluding carboxylic acids is 2. The van der Waals surface area contributed by atoms with E-state index in [2.05, 4.69) is 0 Å². The molecule has 1 aromatic rings. The lowest BCUT2D eigenvalue weighted by molar-refractivity contribution is -0.119. The predicted molar refractivity (Wildman–Crippen MR) is 94.5 cm³/mol. The molecule has 8 nitrogen and oxygen atoms in total. The summed E-state index contributed by atoms with van der Waals surface area (Å²) < 4.78 is 32.3. The monoisotopic (exact) mass is 381 g/mol. The molecule has 0 unspecified atom stereocenters. The molecule has 0 radical (unpaired) electrons. The molecule has 2 saturated heterocycles. The zero-order chi connectivity index (χ0) is 18.7. The molecule has 0 saturated carbocycles. The van der Waals surface area contributed by atoms with Crippen molar-refractivity contribution < 1.29 is 22.7 Å². The van der Waals surface area contributed by atoms with Gasteiger partial charge in [0.25, 0.3) is 5.91 Å². The number of methoxy groups -OCH3 is 1. The SMILES string of the molecule is COc1ccc(S(=O)(=O)N2CCCC2)cc1C(=O)N1CCN(C=O)CC1. The van der Waals surface area contributed by atoms with Crippen LogP contribution in [0, 0.1) is 0 Å². The molecule has 1 aromatic carbocycles. The predicted octanol–water partition coefficient (Wildman–Crippen LogP) is 0.394. The molecule has 2 aliphatic heterocycles. The summed E-state index contributed by atoms with van der Waals surface area (Å²) in [6, 6.07) is 4.41. The molecule has 26 heavy (non-hydrogen) atoms. The number of hydrogen-bond donors (Lipinski definition) is 0. The van der Waals surface area contributed by atoms with Gasteiger partial charge in [0.1, 0.15) is 5.75 Å². The van der Waals surface area contributed by atoms with E-state index in [9.17, 15) is 18.0 Å². The van der Waals surface area contributed by atoms with Crippen molar-refractivity contribution in [2.45, 2.75) is 17.7 Å². The van der Waals surface area contributed by atoms with Crippen LogP contribution in [0.1, 0.15) is 23.2 Å². The molecule has 0 bridgehead atoms. The average Bonchev–Trinajstić information content (AvgIpc) is 3.22. The van der Waals surface area contributed by atoms with Gasteiger partial charge in [0.15, 0.2) is 0 Å². The minimum atomic E-state index is -3.61. The average molecular weight is 381 g/mol. The maximum Gasteiger partial charge on any atom is 0.257 e. The summed E-state index contributed by atoms with van der Waals surface area (Å²) in [6.45, 7) is 2.75. The molecule has 2 heterocycles. The van der Waals surface area contributed by atoms with Gasteiger partial charge in [-0.05, 0) is 31.0 Å². The Kier molecular flexibility index (Phi) is 5.47. The maximum absolute atomic E-state index is 12.9. The van der Waals surface area contributed by atoms with Crippen LogP contribution in [0.4, 0.5) is 0 Å². The quantitative estimate of drug-likeness (QED) is 0.689. The number of hydrogen-bond acceptors (Lipinski definition) is 5. The largest absolute Gasteiger partial charge is 0.496 e. The Morgan fingerprint density at radius 1 is 1.08 bits per heavy atom. The zero-order valence-electron chi connectivity index (χ0n) is 14.8. The van der Waals surface area contributed by atoms with Gasteiger partial charge in [0, 0.05) is 39.3 Å². The van der Waals surface area contributed by atoms with E-state index < -0.39 is 10.0 Å². The lowest BCUT2D eigenvalue weighted by Gasteiger charge is -2.32. The highest BCUT2D eigenvalue weighted by Crippen LogP contribution is 2.27. The van der Waals surface area contributed by atoms with Crippen LogP contribution in [0.5, 0.6) is 5.75 Å². The summed E-state index contributed by atoms with van der Waals surface area (Å²) in [5.41, 5.74) is 0.229. The Balaban J connectivity index is 1.88. The van der Waals surface area contributed by atoms with E-state index >= 15 is 0 Å². The first-order valence-corrected chi connectivity index (χ1v) is 10.1. The van der Waals surface area contributed by atoms with Gasteiger partial charge in [-0.1, -0.05) is 0 Å². The molecular formula is C17H23N3O5S. The Hall–Kier alpha value is -2.13. The number of carbonyl (C=O) groups is 2. The van der Waals surface area contributed by atoms with Gasteiger partial charge in [0.05, 0.1) is 17.6 Å². The van der Waals surface area contributed by atoms with Crippen LogP contribution in [0.15, 0.2) is 23.1 Å². The Morgan fingerprint density at radius 3 is 2.31 bits per heavy atom. The Morgan fingerprint density at radius 2 is 1.73 bits per heavy atom. The van der Waals surface area contributed by atoms with Crippen LogP contribution in [0.25, 0.3) is 0 Å². The molecule has 0 N–H and O–H groups in total. The molecule has 0 aromatic heterocycles.